The Morgan fingerprint density at radius 1 is 1.00 bits per heavy atom. The van der Waals surface area contributed by atoms with Crippen molar-refractivity contribution in [2.75, 3.05) is 13.1 Å². The van der Waals surface area contributed by atoms with Gasteiger partial charge in [0.2, 0.25) is 5.91 Å². The smallest absolute Gasteiger partial charge is 0.223 e. The van der Waals surface area contributed by atoms with Gasteiger partial charge in [-0.05, 0) is 25.7 Å². The lowest BCUT2D eigenvalue weighted by atomic mass is 9.89. The molecule has 15 heavy (non-hydrogen) atoms. The molecule has 2 aliphatic carbocycles. The fraction of sp³-hybridized carbons (Fsp3) is 0.917. The third-order valence-electron chi connectivity index (χ3n) is 3.41. The first-order chi connectivity index (χ1) is 7.36. The van der Waals surface area contributed by atoms with E-state index in [2.05, 4.69) is 10.6 Å². The summed E-state index contributed by atoms with van der Waals surface area (Å²) in [4.78, 5) is 11.7. The van der Waals surface area contributed by atoms with E-state index >= 15 is 0 Å². The molecule has 2 saturated carbocycles. The van der Waals surface area contributed by atoms with E-state index in [0.717, 1.165) is 32.0 Å². The molecule has 2 rings (SSSR count). The molecule has 0 aromatic rings. The SMILES string of the molecule is O=C(NCCNC1CC1)C1CCCCC1. The highest BCUT2D eigenvalue weighted by molar-refractivity contribution is 5.78. The van der Waals surface area contributed by atoms with Crippen molar-refractivity contribution in [1.29, 1.82) is 0 Å². The molecule has 86 valence electrons. The Kier molecular flexibility index (Phi) is 4.01. The number of amides is 1. The largest absolute Gasteiger partial charge is 0.355 e. The van der Waals surface area contributed by atoms with Crippen molar-refractivity contribution in [2.45, 2.75) is 51.0 Å². The van der Waals surface area contributed by atoms with Crippen LogP contribution in [0, 0.1) is 5.92 Å². The van der Waals surface area contributed by atoms with Gasteiger partial charge in [0.25, 0.3) is 0 Å². The van der Waals surface area contributed by atoms with E-state index in [1.807, 2.05) is 0 Å². The molecule has 2 fully saturated rings. The summed E-state index contributed by atoms with van der Waals surface area (Å²) in [6, 6.07) is 0.747. The van der Waals surface area contributed by atoms with E-state index in [0.29, 0.717) is 5.92 Å². The lowest BCUT2D eigenvalue weighted by Crippen LogP contribution is -2.37. The topological polar surface area (TPSA) is 41.1 Å². The average molecular weight is 210 g/mol. The Balaban J connectivity index is 1.54. The van der Waals surface area contributed by atoms with Gasteiger partial charge in [-0.25, -0.2) is 0 Å². The van der Waals surface area contributed by atoms with Gasteiger partial charge in [0.1, 0.15) is 0 Å². The zero-order valence-electron chi connectivity index (χ0n) is 9.43. The molecular weight excluding hydrogens is 188 g/mol. The van der Waals surface area contributed by atoms with Gasteiger partial charge in [0.05, 0.1) is 0 Å². The monoisotopic (exact) mass is 210 g/mol. The maximum absolute atomic E-state index is 11.7. The first-order valence-corrected chi connectivity index (χ1v) is 6.37. The number of hydrogen-bond acceptors (Lipinski definition) is 2. The number of rotatable bonds is 5. The van der Waals surface area contributed by atoms with Crippen LogP contribution in [0.4, 0.5) is 0 Å². The molecular formula is C12H22N2O. The van der Waals surface area contributed by atoms with Gasteiger partial charge in [0, 0.05) is 25.0 Å². The lowest BCUT2D eigenvalue weighted by molar-refractivity contribution is -0.125. The van der Waals surface area contributed by atoms with Crippen LogP contribution in [0.3, 0.4) is 0 Å². The summed E-state index contributed by atoms with van der Waals surface area (Å²) >= 11 is 0. The zero-order chi connectivity index (χ0) is 10.5. The number of hydrogen-bond donors (Lipinski definition) is 2. The van der Waals surface area contributed by atoms with Gasteiger partial charge in [-0.3, -0.25) is 4.79 Å². The van der Waals surface area contributed by atoms with Crippen LogP contribution in [-0.4, -0.2) is 25.0 Å². The summed E-state index contributed by atoms with van der Waals surface area (Å²) in [6.45, 7) is 1.73. The summed E-state index contributed by atoms with van der Waals surface area (Å²) < 4.78 is 0. The van der Waals surface area contributed by atoms with Crippen LogP contribution in [0.25, 0.3) is 0 Å². The molecule has 1 amide bonds. The fourth-order valence-corrected chi connectivity index (χ4v) is 2.26. The second-order valence-corrected chi connectivity index (χ2v) is 4.85. The Bertz CT molecular complexity index is 208. The predicted molar refractivity (Wildman–Crippen MR) is 60.6 cm³/mol. The van der Waals surface area contributed by atoms with Crippen molar-refractivity contribution in [2.24, 2.45) is 5.92 Å². The summed E-state index contributed by atoms with van der Waals surface area (Å²) in [5, 5.41) is 6.43. The van der Waals surface area contributed by atoms with Crippen LogP contribution in [-0.2, 0) is 4.79 Å². The summed E-state index contributed by atoms with van der Waals surface area (Å²) in [5.41, 5.74) is 0. The molecule has 0 atom stereocenters. The second-order valence-electron chi connectivity index (χ2n) is 4.85. The number of carbonyl (C=O) groups excluding carboxylic acids is 1. The highest BCUT2D eigenvalue weighted by Gasteiger charge is 2.21. The molecule has 3 heteroatoms. The third-order valence-corrected chi connectivity index (χ3v) is 3.41. The Labute approximate surface area is 92.0 Å². The molecule has 0 bridgehead atoms. The predicted octanol–water partition coefficient (Wildman–Crippen LogP) is 1.43. The van der Waals surface area contributed by atoms with Crippen LogP contribution in [0.2, 0.25) is 0 Å². The van der Waals surface area contributed by atoms with Crippen LogP contribution in [0.5, 0.6) is 0 Å². The third kappa shape index (κ3) is 3.82. The standard InChI is InChI=1S/C12H22N2O/c15-12(10-4-2-1-3-5-10)14-9-8-13-11-6-7-11/h10-11,13H,1-9H2,(H,14,15). The molecule has 0 aromatic carbocycles. The molecule has 3 nitrogen and oxygen atoms in total. The van der Waals surface area contributed by atoms with Gasteiger partial charge in [-0.15, -0.1) is 0 Å². The maximum Gasteiger partial charge on any atom is 0.223 e. The molecule has 0 unspecified atom stereocenters. The molecule has 0 aromatic heterocycles. The molecule has 2 aliphatic rings. The number of carbonyl (C=O) groups is 1. The minimum absolute atomic E-state index is 0.285. The lowest BCUT2D eigenvalue weighted by Gasteiger charge is -2.20. The Hall–Kier alpha value is -0.570. The number of nitrogens with one attached hydrogen (secondary N) is 2. The van der Waals surface area contributed by atoms with Crippen LogP contribution >= 0.6 is 0 Å². The van der Waals surface area contributed by atoms with E-state index in [1.165, 1.54) is 32.1 Å². The molecule has 0 spiro atoms. The van der Waals surface area contributed by atoms with Crippen molar-refractivity contribution in [3.05, 3.63) is 0 Å². The molecule has 2 N–H and O–H groups in total. The highest BCUT2D eigenvalue weighted by atomic mass is 16.1. The normalized spacial score (nSPS) is 22.7. The molecule has 0 heterocycles. The zero-order valence-corrected chi connectivity index (χ0v) is 9.43. The first kappa shape index (κ1) is 10.9. The minimum Gasteiger partial charge on any atom is -0.355 e. The van der Waals surface area contributed by atoms with Crippen molar-refractivity contribution < 1.29 is 4.79 Å². The van der Waals surface area contributed by atoms with Crippen molar-refractivity contribution in [3.63, 3.8) is 0 Å². The minimum atomic E-state index is 0.285. The Morgan fingerprint density at radius 2 is 1.73 bits per heavy atom. The van der Waals surface area contributed by atoms with Crippen LogP contribution < -0.4 is 10.6 Å². The van der Waals surface area contributed by atoms with E-state index < -0.39 is 0 Å². The summed E-state index contributed by atoms with van der Waals surface area (Å²) in [6.07, 6.45) is 8.61. The highest BCUT2D eigenvalue weighted by Crippen LogP contribution is 2.23. The van der Waals surface area contributed by atoms with Gasteiger partial charge < -0.3 is 10.6 Å². The first-order valence-electron chi connectivity index (χ1n) is 6.37. The van der Waals surface area contributed by atoms with Gasteiger partial charge in [-0.2, -0.15) is 0 Å². The maximum atomic E-state index is 11.7. The van der Waals surface area contributed by atoms with E-state index in [-0.39, 0.29) is 5.91 Å². The van der Waals surface area contributed by atoms with E-state index in [9.17, 15) is 4.79 Å². The van der Waals surface area contributed by atoms with Gasteiger partial charge >= 0.3 is 0 Å². The van der Waals surface area contributed by atoms with Crippen molar-refractivity contribution in [1.82, 2.24) is 10.6 Å². The average Bonchev–Trinajstić information content (AvgIpc) is 3.09. The molecule has 0 saturated heterocycles. The second kappa shape index (κ2) is 5.50. The quantitative estimate of drug-likeness (QED) is 0.674. The van der Waals surface area contributed by atoms with Crippen molar-refractivity contribution in [3.8, 4) is 0 Å². The molecule has 0 radical (unpaired) electrons. The van der Waals surface area contributed by atoms with Crippen LogP contribution in [0.1, 0.15) is 44.9 Å². The van der Waals surface area contributed by atoms with Gasteiger partial charge in [0.15, 0.2) is 0 Å². The van der Waals surface area contributed by atoms with Gasteiger partial charge in [-0.1, -0.05) is 19.3 Å². The van der Waals surface area contributed by atoms with Crippen LogP contribution in [0.15, 0.2) is 0 Å². The summed E-state index contributed by atoms with van der Waals surface area (Å²) in [7, 11) is 0. The fourth-order valence-electron chi connectivity index (χ4n) is 2.26. The van der Waals surface area contributed by atoms with Crippen molar-refractivity contribution >= 4 is 5.91 Å². The van der Waals surface area contributed by atoms with E-state index in [4.69, 9.17) is 0 Å². The molecule has 0 aliphatic heterocycles. The van der Waals surface area contributed by atoms with E-state index in [1.54, 1.807) is 0 Å². The Morgan fingerprint density at radius 3 is 2.40 bits per heavy atom. The summed E-state index contributed by atoms with van der Waals surface area (Å²) in [5.74, 6) is 0.590.